The molecule has 0 radical (unpaired) electrons. The van der Waals surface area contributed by atoms with Crippen molar-refractivity contribution in [2.24, 2.45) is 0 Å². The molecule has 0 spiro atoms. The predicted octanol–water partition coefficient (Wildman–Crippen LogP) is 5.04. The number of hydrogen-bond acceptors (Lipinski definition) is 4. The molecular formula is C27H30ClO4P. The van der Waals surface area contributed by atoms with Crippen molar-refractivity contribution in [1.82, 2.24) is 0 Å². The standard InChI is InChI=1S/C27H30ClO4P/c1-29-21-7-13-25(14-8-21)33(28,20-24-6-4-5-19-32-24,26-15-9-22(30-2)10-16-26)27-17-11-23(31-3)12-18-27/h4,6-18,24H,5,19-20H2,1-3H3. The van der Waals surface area contributed by atoms with Crippen molar-refractivity contribution >= 4 is 33.1 Å². The number of methoxy groups -OCH3 is 3. The van der Waals surface area contributed by atoms with E-state index in [1.807, 2.05) is 36.4 Å². The molecule has 1 atom stereocenters. The van der Waals surface area contributed by atoms with Crippen LogP contribution in [0.1, 0.15) is 6.42 Å². The summed E-state index contributed by atoms with van der Waals surface area (Å²) >= 11 is 8.19. The van der Waals surface area contributed by atoms with Crippen molar-refractivity contribution in [2.45, 2.75) is 12.5 Å². The predicted molar refractivity (Wildman–Crippen MR) is 139 cm³/mol. The zero-order valence-corrected chi connectivity index (χ0v) is 20.9. The molecule has 1 aliphatic rings. The van der Waals surface area contributed by atoms with Gasteiger partial charge in [0.2, 0.25) is 0 Å². The molecular weight excluding hydrogens is 455 g/mol. The van der Waals surface area contributed by atoms with E-state index >= 15 is 0 Å². The van der Waals surface area contributed by atoms with Crippen LogP contribution in [0.15, 0.2) is 84.9 Å². The second kappa shape index (κ2) is 9.77. The van der Waals surface area contributed by atoms with Gasteiger partial charge in [-0.3, -0.25) is 0 Å². The molecule has 1 unspecified atom stereocenters. The van der Waals surface area contributed by atoms with Gasteiger partial charge in [0.05, 0.1) is 0 Å². The Morgan fingerprint density at radius 2 is 1.12 bits per heavy atom. The van der Waals surface area contributed by atoms with Gasteiger partial charge in [-0.1, -0.05) is 0 Å². The fourth-order valence-electron chi connectivity index (χ4n) is 4.49. The van der Waals surface area contributed by atoms with Crippen LogP contribution in [0.4, 0.5) is 0 Å². The second-order valence-corrected chi connectivity index (χ2v) is 14.6. The average molecular weight is 485 g/mol. The van der Waals surface area contributed by atoms with E-state index in [0.717, 1.165) is 39.6 Å². The third-order valence-corrected chi connectivity index (χ3v) is 13.7. The summed E-state index contributed by atoms with van der Waals surface area (Å²) in [4.78, 5) is 0. The third kappa shape index (κ3) is 4.36. The van der Waals surface area contributed by atoms with Crippen LogP contribution in [0.3, 0.4) is 0 Å². The van der Waals surface area contributed by atoms with E-state index in [2.05, 4.69) is 48.6 Å². The Morgan fingerprint density at radius 3 is 1.42 bits per heavy atom. The molecule has 33 heavy (non-hydrogen) atoms. The van der Waals surface area contributed by atoms with Gasteiger partial charge in [-0.2, -0.15) is 0 Å². The molecule has 0 bridgehead atoms. The van der Waals surface area contributed by atoms with Gasteiger partial charge in [0.25, 0.3) is 0 Å². The normalized spacial score (nSPS) is 17.1. The molecule has 3 aromatic rings. The van der Waals surface area contributed by atoms with Crippen LogP contribution < -0.4 is 30.1 Å². The molecule has 4 nitrogen and oxygen atoms in total. The summed E-state index contributed by atoms with van der Waals surface area (Å²) < 4.78 is 22.5. The van der Waals surface area contributed by atoms with Gasteiger partial charge < -0.3 is 0 Å². The van der Waals surface area contributed by atoms with Gasteiger partial charge in [0, 0.05) is 0 Å². The SMILES string of the molecule is COc1ccc(P(Cl)(CC2C=CCCO2)(c2ccc(OC)cc2)c2ccc(OC)cc2)cc1. The molecule has 3 aromatic carbocycles. The number of rotatable bonds is 8. The number of hydrogen-bond donors (Lipinski definition) is 0. The van der Waals surface area contributed by atoms with Crippen molar-refractivity contribution < 1.29 is 18.9 Å². The Hall–Kier alpha value is -2.52. The molecule has 0 fully saturated rings. The molecule has 4 rings (SSSR count). The Labute approximate surface area is 200 Å². The first kappa shape index (κ1) is 23.6. The molecule has 174 valence electrons. The van der Waals surface area contributed by atoms with Crippen LogP contribution in [-0.4, -0.2) is 40.2 Å². The minimum atomic E-state index is -3.51. The zero-order chi connectivity index (χ0) is 23.3. The molecule has 0 saturated carbocycles. The van der Waals surface area contributed by atoms with Crippen molar-refractivity contribution in [3.8, 4) is 17.2 Å². The van der Waals surface area contributed by atoms with Crippen molar-refractivity contribution in [1.29, 1.82) is 0 Å². The van der Waals surface area contributed by atoms with Gasteiger partial charge in [-0.15, -0.1) is 0 Å². The van der Waals surface area contributed by atoms with Crippen molar-refractivity contribution in [3.05, 3.63) is 84.9 Å². The van der Waals surface area contributed by atoms with E-state index in [1.165, 1.54) is 0 Å². The summed E-state index contributed by atoms with van der Waals surface area (Å²) in [6.07, 6.45) is 5.78. The fraction of sp³-hybridized carbons (Fsp3) is 0.259. The molecule has 1 aliphatic heterocycles. The van der Waals surface area contributed by atoms with Gasteiger partial charge in [0.1, 0.15) is 0 Å². The van der Waals surface area contributed by atoms with Crippen molar-refractivity contribution in [3.63, 3.8) is 0 Å². The van der Waals surface area contributed by atoms with Gasteiger partial charge in [0.15, 0.2) is 0 Å². The zero-order valence-electron chi connectivity index (χ0n) is 19.2. The summed E-state index contributed by atoms with van der Waals surface area (Å²) in [6.45, 7) is 0.693. The first-order chi connectivity index (χ1) is 16.0. The Morgan fingerprint density at radius 1 is 0.727 bits per heavy atom. The first-order valence-corrected chi connectivity index (χ1v) is 14.3. The Kier molecular flexibility index (Phi) is 6.99. The molecule has 0 aliphatic carbocycles. The maximum absolute atomic E-state index is 8.19. The summed E-state index contributed by atoms with van der Waals surface area (Å²) in [5.41, 5.74) is 0. The van der Waals surface area contributed by atoms with Gasteiger partial charge in [-0.05, 0) is 0 Å². The van der Waals surface area contributed by atoms with E-state index in [9.17, 15) is 0 Å². The summed E-state index contributed by atoms with van der Waals surface area (Å²) in [6, 6.07) is 24.4. The maximum atomic E-state index is 8.19. The molecule has 0 aromatic heterocycles. The van der Waals surface area contributed by atoms with Crippen molar-refractivity contribution in [2.75, 3.05) is 34.1 Å². The summed E-state index contributed by atoms with van der Waals surface area (Å²) in [7, 11) is 5.01. The van der Waals surface area contributed by atoms with E-state index in [4.69, 9.17) is 30.2 Å². The summed E-state index contributed by atoms with van der Waals surface area (Å²) in [5.74, 6) is -1.14. The van der Waals surface area contributed by atoms with Gasteiger partial charge >= 0.3 is 201 Å². The van der Waals surface area contributed by atoms with Crippen LogP contribution >= 0.6 is 17.2 Å². The van der Waals surface area contributed by atoms with E-state index in [-0.39, 0.29) is 6.10 Å². The quantitative estimate of drug-likeness (QED) is 0.331. The summed E-state index contributed by atoms with van der Waals surface area (Å²) in [5, 5.41) is 3.17. The van der Waals surface area contributed by atoms with E-state index < -0.39 is 5.96 Å². The molecule has 1 heterocycles. The minimum absolute atomic E-state index is 0.0970. The monoisotopic (exact) mass is 484 g/mol. The van der Waals surface area contributed by atoms with Gasteiger partial charge in [-0.25, -0.2) is 0 Å². The Bertz CT molecular complexity index is 976. The molecule has 0 amide bonds. The number of halogens is 1. The first-order valence-electron chi connectivity index (χ1n) is 11.0. The molecule has 0 N–H and O–H groups in total. The van der Waals surface area contributed by atoms with E-state index in [1.54, 1.807) is 21.3 Å². The van der Waals surface area contributed by atoms with Crippen LogP contribution in [0.2, 0.25) is 0 Å². The van der Waals surface area contributed by atoms with E-state index in [0.29, 0.717) is 12.8 Å². The number of benzene rings is 3. The van der Waals surface area contributed by atoms with Crippen LogP contribution in [0.25, 0.3) is 0 Å². The Balaban J connectivity index is 2.01. The fourth-order valence-corrected chi connectivity index (χ4v) is 10.6. The van der Waals surface area contributed by atoms with Crippen LogP contribution in [-0.2, 0) is 4.74 Å². The molecule has 0 saturated heterocycles. The van der Waals surface area contributed by atoms with Crippen LogP contribution in [0, 0.1) is 0 Å². The topological polar surface area (TPSA) is 36.9 Å². The van der Waals surface area contributed by atoms with Crippen LogP contribution in [0.5, 0.6) is 17.2 Å². The average Bonchev–Trinajstić information content (AvgIpc) is 2.89. The number of ether oxygens (including phenoxy) is 4. The molecule has 6 heteroatoms. The second-order valence-electron chi connectivity index (χ2n) is 8.09. The third-order valence-electron chi connectivity index (χ3n) is 6.32.